The molecule has 3 aromatic rings. The average molecular weight is 309 g/mol. The van der Waals surface area contributed by atoms with Gasteiger partial charge in [-0.2, -0.15) is 5.10 Å². The molecule has 0 spiro atoms. The Kier molecular flexibility index (Phi) is 4.34. The van der Waals surface area contributed by atoms with Crippen LogP contribution in [0.1, 0.15) is 22.0 Å². The van der Waals surface area contributed by atoms with Gasteiger partial charge in [-0.25, -0.2) is 4.98 Å². The van der Waals surface area contributed by atoms with E-state index in [0.717, 1.165) is 10.9 Å². The lowest BCUT2D eigenvalue weighted by atomic mass is 10.1. The molecule has 1 aromatic carbocycles. The van der Waals surface area contributed by atoms with Crippen LogP contribution in [0.15, 0.2) is 48.8 Å². The highest BCUT2D eigenvalue weighted by Gasteiger charge is 2.15. The van der Waals surface area contributed by atoms with Gasteiger partial charge >= 0.3 is 0 Å². The number of rotatable bonds is 5. The Balaban J connectivity index is 1.76. The van der Waals surface area contributed by atoms with Gasteiger partial charge in [-0.3, -0.25) is 9.48 Å². The summed E-state index contributed by atoms with van der Waals surface area (Å²) in [6, 6.07) is 11.8. The first-order valence-corrected chi connectivity index (χ1v) is 7.48. The molecule has 0 aliphatic heterocycles. The van der Waals surface area contributed by atoms with E-state index in [2.05, 4.69) is 20.7 Å². The molecule has 0 radical (unpaired) electrons. The number of aromatic nitrogens is 3. The van der Waals surface area contributed by atoms with E-state index in [9.17, 15) is 4.79 Å². The SMILES string of the molecule is CNC(CNC(=O)c1ccnc2c1cnn2C)c1ccccc1. The number of amides is 1. The number of nitrogens with one attached hydrogen (secondary N) is 2. The van der Waals surface area contributed by atoms with Crippen LogP contribution in [-0.4, -0.2) is 34.3 Å². The molecule has 23 heavy (non-hydrogen) atoms. The van der Waals surface area contributed by atoms with Gasteiger partial charge < -0.3 is 10.6 Å². The third-order valence-electron chi connectivity index (χ3n) is 3.90. The van der Waals surface area contributed by atoms with Gasteiger partial charge in [-0.1, -0.05) is 30.3 Å². The van der Waals surface area contributed by atoms with Crippen molar-refractivity contribution in [3.8, 4) is 0 Å². The predicted octanol–water partition coefficient (Wildman–Crippen LogP) is 1.66. The van der Waals surface area contributed by atoms with Crippen LogP contribution in [0.25, 0.3) is 11.0 Å². The summed E-state index contributed by atoms with van der Waals surface area (Å²) in [6.07, 6.45) is 3.30. The van der Waals surface area contributed by atoms with Gasteiger partial charge in [-0.05, 0) is 18.7 Å². The first kappa shape index (κ1) is 15.2. The van der Waals surface area contributed by atoms with Crippen molar-refractivity contribution in [1.29, 1.82) is 0 Å². The number of fused-ring (bicyclic) bond motifs is 1. The van der Waals surface area contributed by atoms with Crippen molar-refractivity contribution in [2.24, 2.45) is 7.05 Å². The van der Waals surface area contributed by atoms with E-state index in [1.165, 1.54) is 0 Å². The Hall–Kier alpha value is -2.73. The second-order valence-corrected chi connectivity index (χ2v) is 5.33. The predicted molar refractivity (Wildman–Crippen MR) is 89.1 cm³/mol. The number of nitrogens with zero attached hydrogens (tertiary/aromatic N) is 3. The number of carbonyl (C=O) groups is 1. The second kappa shape index (κ2) is 6.58. The quantitative estimate of drug-likeness (QED) is 0.752. The van der Waals surface area contributed by atoms with Gasteiger partial charge in [-0.15, -0.1) is 0 Å². The Morgan fingerprint density at radius 2 is 2.04 bits per heavy atom. The molecule has 0 fully saturated rings. The summed E-state index contributed by atoms with van der Waals surface area (Å²) in [5.41, 5.74) is 2.42. The summed E-state index contributed by atoms with van der Waals surface area (Å²) in [7, 11) is 3.69. The Morgan fingerprint density at radius 1 is 1.26 bits per heavy atom. The first-order chi connectivity index (χ1) is 11.2. The molecular weight excluding hydrogens is 290 g/mol. The molecule has 0 saturated heterocycles. The van der Waals surface area contributed by atoms with Crippen molar-refractivity contribution in [1.82, 2.24) is 25.4 Å². The van der Waals surface area contributed by atoms with E-state index in [4.69, 9.17) is 0 Å². The van der Waals surface area contributed by atoms with Crippen molar-refractivity contribution < 1.29 is 4.79 Å². The average Bonchev–Trinajstić information content (AvgIpc) is 2.97. The minimum Gasteiger partial charge on any atom is -0.350 e. The summed E-state index contributed by atoms with van der Waals surface area (Å²) in [6.45, 7) is 0.503. The number of carbonyl (C=O) groups excluding carboxylic acids is 1. The minimum atomic E-state index is -0.124. The zero-order valence-corrected chi connectivity index (χ0v) is 13.2. The third-order valence-corrected chi connectivity index (χ3v) is 3.90. The molecule has 0 saturated carbocycles. The molecular formula is C17H19N5O. The number of hydrogen-bond acceptors (Lipinski definition) is 4. The highest BCUT2D eigenvalue weighted by Crippen LogP contribution is 2.16. The number of hydrogen-bond donors (Lipinski definition) is 2. The summed E-state index contributed by atoms with van der Waals surface area (Å²) >= 11 is 0. The van der Waals surface area contributed by atoms with E-state index in [1.807, 2.05) is 44.4 Å². The molecule has 2 N–H and O–H groups in total. The first-order valence-electron chi connectivity index (χ1n) is 7.48. The van der Waals surface area contributed by atoms with Crippen LogP contribution in [0.3, 0.4) is 0 Å². The van der Waals surface area contributed by atoms with Crippen molar-refractivity contribution >= 4 is 16.9 Å². The van der Waals surface area contributed by atoms with Crippen molar-refractivity contribution in [2.45, 2.75) is 6.04 Å². The Labute approximate surface area is 134 Å². The van der Waals surface area contributed by atoms with Crippen LogP contribution >= 0.6 is 0 Å². The molecule has 6 heteroatoms. The van der Waals surface area contributed by atoms with Crippen LogP contribution in [0.4, 0.5) is 0 Å². The van der Waals surface area contributed by atoms with Gasteiger partial charge in [0, 0.05) is 25.8 Å². The van der Waals surface area contributed by atoms with Crippen molar-refractivity contribution in [2.75, 3.05) is 13.6 Å². The highest BCUT2D eigenvalue weighted by molar-refractivity contribution is 6.05. The molecule has 2 aromatic heterocycles. The smallest absolute Gasteiger partial charge is 0.252 e. The fourth-order valence-corrected chi connectivity index (χ4v) is 2.61. The number of likely N-dealkylation sites (N-methyl/N-ethyl adjacent to an activating group) is 1. The van der Waals surface area contributed by atoms with E-state index < -0.39 is 0 Å². The molecule has 1 unspecified atom stereocenters. The lowest BCUT2D eigenvalue weighted by Gasteiger charge is -2.17. The molecule has 0 aliphatic rings. The highest BCUT2D eigenvalue weighted by atomic mass is 16.1. The maximum Gasteiger partial charge on any atom is 0.252 e. The lowest BCUT2D eigenvalue weighted by Crippen LogP contribution is -2.33. The molecule has 6 nitrogen and oxygen atoms in total. The van der Waals surface area contributed by atoms with Gasteiger partial charge in [0.05, 0.1) is 17.1 Å². The van der Waals surface area contributed by atoms with Crippen molar-refractivity contribution in [3.05, 3.63) is 59.9 Å². The summed E-state index contributed by atoms with van der Waals surface area (Å²) < 4.78 is 1.66. The topological polar surface area (TPSA) is 71.8 Å². The van der Waals surface area contributed by atoms with Crippen LogP contribution in [0.2, 0.25) is 0 Å². The van der Waals surface area contributed by atoms with Gasteiger partial charge in [0.1, 0.15) is 0 Å². The fraction of sp³-hybridized carbons (Fsp3) is 0.235. The van der Waals surface area contributed by atoms with Gasteiger partial charge in [0.15, 0.2) is 5.65 Å². The standard InChI is InChI=1S/C17H19N5O/c1-18-15(12-6-4-3-5-7-12)11-20-17(23)13-8-9-19-16-14(13)10-21-22(16)2/h3-10,15,18H,11H2,1-2H3,(H,20,23). The molecule has 2 heterocycles. The summed E-state index contributed by atoms with van der Waals surface area (Å²) in [5, 5.41) is 11.1. The molecule has 3 rings (SSSR count). The van der Waals surface area contributed by atoms with Crippen molar-refractivity contribution in [3.63, 3.8) is 0 Å². The zero-order valence-electron chi connectivity index (χ0n) is 13.2. The van der Waals surface area contributed by atoms with E-state index in [1.54, 1.807) is 23.1 Å². The monoisotopic (exact) mass is 309 g/mol. The second-order valence-electron chi connectivity index (χ2n) is 5.33. The molecule has 0 aliphatic carbocycles. The Morgan fingerprint density at radius 3 is 2.78 bits per heavy atom. The maximum absolute atomic E-state index is 12.5. The van der Waals surface area contributed by atoms with Crippen LogP contribution < -0.4 is 10.6 Å². The van der Waals surface area contributed by atoms with Crippen LogP contribution in [0, 0.1) is 0 Å². The number of benzene rings is 1. The normalized spacial score (nSPS) is 12.3. The van der Waals surface area contributed by atoms with Gasteiger partial charge in [0.25, 0.3) is 5.91 Å². The number of aryl methyl sites for hydroxylation is 1. The zero-order chi connectivity index (χ0) is 16.2. The summed E-state index contributed by atoms with van der Waals surface area (Å²) in [5.74, 6) is -0.124. The minimum absolute atomic E-state index is 0.0615. The molecule has 0 bridgehead atoms. The van der Waals surface area contributed by atoms with E-state index >= 15 is 0 Å². The van der Waals surface area contributed by atoms with Crippen LogP contribution in [0.5, 0.6) is 0 Å². The van der Waals surface area contributed by atoms with E-state index in [0.29, 0.717) is 17.8 Å². The largest absolute Gasteiger partial charge is 0.350 e. The fourth-order valence-electron chi connectivity index (χ4n) is 2.61. The third kappa shape index (κ3) is 3.07. The van der Waals surface area contributed by atoms with Crippen LogP contribution in [-0.2, 0) is 7.05 Å². The maximum atomic E-state index is 12.5. The lowest BCUT2D eigenvalue weighted by molar-refractivity contribution is 0.0951. The summed E-state index contributed by atoms with van der Waals surface area (Å²) in [4.78, 5) is 16.8. The Bertz CT molecular complexity index is 812. The molecule has 118 valence electrons. The number of pyridine rings is 1. The van der Waals surface area contributed by atoms with Gasteiger partial charge in [0.2, 0.25) is 0 Å². The van der Waals surface area contributed by atoms with E-state index in [-0.39, 0.29) is 11.9 Å². The molecule has 1 atom stereocenters. The molecule has 1 amide bonds.